The van der Waals surface area contributed by atoms with Crippen molar-refractivity contribution in [2.75, 3.05) is 19.7 Å². The highest BCUT2D eigenvalue weighted by Gasteiger charge is 2.40. The minimum atomic E-state index is -4.93. The molecule has 0 spiro atoms. The summed E-state index contributed by atoms with van der Waals surface area (Å²) in [6.45, 7) is 1.04. The van der Waals surface area contributed by atoms with Gasteiger partial charge in [0.05, 0.1) is 22.1 Å². The fourth-order valence-electron chi connectivity index (χ4n) is 3.38. The topological polar surface area (TPSA) is 96.5 Å². The lowest BCUT2D eigenvalue weighted by Crippen LogP contribution is -2.43. The summed E-state index contributed by atoms with van der Waals surface area (Å²) in [4.78, 5) is 0.235. The Morgan fingerprint density at radius 2 is 1.90 bits per heavy atom. The van der Waals surface area contributed by atoms with Gasteiger partial charge in [-0.25, -0.2) is 8.42 Å². The third-order valence-electron chi connectivity index (χ3n) is 5.03. The van der Waals surface area contributed by atoms with Crippen molar-refractivity contribution in [2.24, 2.45) is 11.7 Å². The van der Waals surface area contributed by atoms with Gasteiger partial charge in [0.15, 0.2) is 5.96 Å². The van der Waals surface area contributed by atoms with Crippen molar-refractivity contribution < 1.29 is 26.3 Å². The zero-order valence-corrected chi connectivity index (χ0v) is 17.8. The summed E-state index contributed by atoms with van der Waals surface area (Å²) in [5.41, 5.74) is 4.12. The molecule has 167 valence electrons. The number of guanidine groups is 1. The zero-order valence-electron chi connectivity index (χ0n) is 16.2. The minimum Gasteiger partial charge on any atom is -0.491 e. The number of benzene rings is 2. The van der Waals surface area contributed by atoms with E-state index in [1.54, 1.807) is 4.90 Å². The molecule has 11 heteroatoms. The second kappa shape index (κ2) is 8.96. The number of ether oxygens (including phenoxy) is 1. The molecule has 2 aromatic carbocycles. The lowest BCUT2D eigenvalue weighted by molar-refractivity contribution is -0.140. The molecule has 1 saturated heterocycles. The molecule has 0 amide bonds. The number of alkyl halides is 3. The third kappa shape index (κ3) is 5.07. The minimum absolute atomic E-state index is 0.00853. The maximum atomic E-state index is 13.7. The molecule has 1 aliphatic heterocycles. The van der Waals surface area contributed by atoms with E-state index in [9.17, 15) is 21.6 Å². The molecule has 3 rings (SSSR count). The van der Waals surface area contributed by atoms with Crippen molar-refractivity contribution in [1.29, 1.82) is 5.41 Å². The SMILES string of the molecule is N=C(N)N1CCC(COc2[c]ccc(C(F)(F)F)c2S(=O)(=O)c2ccccc2Cl)CC1. The Kier molecular flexibility index (Phi) is 6.70. The quantitative estimate of drug-likeness (QED) is 0.505. The van der Waals surface area contributed by atoms with Gasteiger partial charge in [0.2, 0.25) is 9.84 Å². The van der Waals surface area contributed by atoms with E-state index < -0.39 is 37.1 Å². The van der Waals surface area contributed by atoms with Crippen LogP contribution in [0.15, 0.2) is 46.2 Å². The molecule has 1 radical (unpaired) electrons. The maximum Gasteiger partial charge on any atom is 0.417 e. The smallest absolute Gasteiger partial charge is 0.417 e. The number of nitrogens with two attached hydrogens (primary N) is 1. The summed E-state index contributed by atoms with van der Waals surface area (Å²) in [6, 6.07) is 9.44. The lowest BCUT2D eigenvalue weighted by Gasteiger charge is -2.32. The monoisotopic (exact) mass is 474 g/mol. The third-order valence-corrected chi connectivity index (χ3v) is 7.35. The van der Waals surface area contributed by atoms with E-state index >= 15 is 0 Å². The van der Waals surface area contributed by atoms with Crippen molar-refractivity contribution in [3.63, 3.8) is 0 Å². The van der Waals surface area contributed by atoms with Crippen molar-refractivity contribution >= 4 is 27.4 Å². The van der Waals surface area contributed by atoms with Gasteiger partial charge in [-0.3, -0.25) is 5.41 Å². The van der Waals surface area contributed by atoms with Crippen molar-refractivity contribution in [1.82, 2.24) is 4.90 Å². The van der Waals surface area contributed by atoms with Crippen LogP contribution in [0.3, 0.4) is 0 Å². The van der Waals surface area contributed by atoms with Crippen molar-refractivity contribution in [3.8, 4) is 5.75 Å². The van der Waals surface area contributed by atoms with Crippen LogP contribution >= 0.6 is 11.6 Å². The average Bonchev–Trinajstić information content (AvgIpc) is 2.71. The highest BCUT2D eigenvalue weighted by molar-refractivity contribution is 7.91. The molecular formula is C20H20ClF3N3O3S. The van der Waals surface area contributed by atoms with Gasteiger partial charge in [0, 0.05) is 19.2 Å². The van der Waals surface area contributed by atoms with Crippen LogP contribution in [0.5, 0.6) is 5.75 Å². The van der Waals surface area contributed by atoms with E-state index in [1.807, 2.05) is 0 Å². The molecule has 0 aromatic heterocycles. The predicted octanol–water partition coefficient (Wildman–Crippen LogP) is 3.98. The zero-order chi connectivity index (χ0) is 22.8. The molecule has 0 saturated carbocycles. The highest BCUT2D eigenvalue weighted by Crippen LogP contribution is 2.42. The molecule has 0 bridgehead atoms. The van der Waals surface area contributed by atoms with Crippen LogP contribution in [0.1, 0.15) is 18.4 Å². The number of likely N-dealkylation sites (tertiary alicyclic amines) is 1. The molecule has 1 heterocycles. The van der Waals surface area contributed by atoms with Crippen LogP contribution in [0.4, 0.5) is 13.2 Å². The molecule has 6 nitrogen and oxygen atoms in total. The summed E-state index contributed by atoms with van der Waals surface area (Å²) < 4.78 is 73.0. The van der Waals surface area contributed by atoms with E-state index in [2.05, 4.69) is 6.07 Å². The Bertz CT molecular complexity index is 1070. The number of sulfone groups is 1. The number of halogens is 4. The molecule has 0 unspecified atom stereocenters. The fraction of sp³-hybridized carbons (Fsp3) is 0.350. The first kappa shape index (κ1) is 23.2. The van der Waals surface area contributed by atoms with Gasteiger partial charge in [-0.1, -0.05) is 23.7 Å². The van der Waals surface area contributed by atoms with Gasteiger partial charge in [0.1, 0.15) is 10.6 Å². The Balaban J connectivity index is 1.95. The van der Waals surface area contributed by atoms with Crippen LogP contribution in [0, 0.1) is 17.4 Å². The van der Waals surface area contributed by atoms with Gasteiger partial charge in [-0.2, -0.15) is 13.2 Å². The summed E-state index contributed by atoms with van der Waals surface area (Å²) in [7, 11) is -4.65. The van der Waals surface area contributed by atoms with Crippen molar-refractivity contribution in [3.05, 3.63) is 53.1 Å². The van der Waals surface area contributed by atoms with Crippen LogP contribution in [0.2, 0.25) is 5.02 Å². The Hall–Kier alpha value is -2.46. The van der Waals surface area contributed by atoms with E-state index in [0.29, 0.717) is 32.0 Å². The Labute approximate surface area is 183 Å². The van der Waals surface area contributed by atoms with E-state index in [1.165, 1.54) is 18.2 Å². The fourth-order valence-corrected chi connectivity index (χ4v) is 5.45. The number of nitrogens with one attached hydrogen (secondary N) is 1. The van der Waals surface area contributed by atoms with E-state index in [-0.39, 0.29) is 23.5 Å². The molecule has 1 fully saturated rings. The van der Waals surface area contributed by atoms with Crippen LogP contribution in [-0.4, -0.2) is 39.0 Å². The van der Waals surface area contributed by atoms with Gasteiger partial charge in [-0.05, 0) is 43.0 Å². The first-order valence-electron chi connectivity index (χ1n) is 9.35. The lowest BCUT2D eigenvalue weighted by atomic mass is 9.98. The summed E-state index contributed by atoms with van der Waals surface area (Å²) in [5.74, 6) is -0.572. The number of piperidine rings is 1. The number of hydrogen-bond donors (Lipinski definition) is 2. The average molecular weight is 475 g/mol. The molecule has 1 aliphatic rings. The summed E-state index contributed by atoms with van der Waals surface area (Å²) in [6.07, 6.45) is -3.72. The van der Waals surface area contributed by atoms with Crippen LogP contribution in [0.25, 0.3) is 0 Å². The Morgan fingerprint density at radius 3 is 2.48 bits per heavy atom. The molecule has 3 N–H and O–H groups in total. The maximum absolute atomic E-state index is 13.7. The highest BCUT2D eigenvalue weighted by atomic mass is 35.5. The van der Waals surface area contributed by atoms with Gasteiger partial charge < -0.3 is 15.4 Å². The molecule has 0 atom stereocenters. The predicted molar refractivity (Wildman–Crippen MR) is 109 cm³/mol. The van der Waals surface area contributed by atoms with Gasteiger partial charge >= 0.3 is 6.18 Å². The number of hydrogen-bond acceptors (Lipinski definition) is 4. The summed E-state index contributed by atoms with van der Waals surface area (Å²) in [5, 5.41) is 7.26. The molecule has 0 aliphatic carbocycles. The molecular weight excluding hydrogens is 455 g/mol. The largest absolute Gasteiger partial charge is 0.491 e. The first-order valence-corrected chi connectivity index (χ1v) is 11.2. The van der Waals surface area contributed by atoms with Gasteiger partial charge in [-0.15, -0.1) is 0 Å². The van der Waals surface area contributed by atoms with Gasteiger partial charge in [0.25, 0.3) is 0 Å². The number of nitrogens with zero attached hydrogens (tertiary/aromatic N) is 1. The van der Waals surface area contributed by atoms with E-state index in [4.69, 9.17) is 27.5 Å². The van der Waals surface area contributed by atoms with E-state index in [0.717, 1.165) is 12.1 Å². The molecule has 2 aromatic rings. The van der Waals surface area contributed by atoms with Crippen LogP contribution in [-0.2, 0) is 16.0 Å². The van der Waals surface area contributed by atoms with Crippen molar-refractivity contribution in [2.45, 2.75) is 28.8 Å². The second-order valence-electron chi connectivity index (χ2n) is 7.11. The summed E-state index contributed by atoms with van der Waals surface area (Å²) >= 11 is 5.97. The normalized spacial score (nSPS) is 15.7. The molecule has 31 heavy (non-hydrogen) atoms. The standard InChI is InChI=1S/C20H20ClF3N3O3S/c21-15-5-1-2-7-17(15)31(28,29)18-14(20(22,23)24)4-3-6-16(18)30-12-13-8-10-27(11-9-13)19(25)26/h1-5,7,13H,8-12H2,(H3,25,26). The first-order chi connectivity index (χ1) is 14.5. The Morgan fingerprint density at radius 1 is 1.26 bits per heavy atom. The number of rotatable bonds is 5. The second-order valence-corrected chi connectivity index (χ2v) is 9.37. The van der Waals surface area contributed by atoms with Crippen LogP contribution < -0.4 is 10.5 Å².